The lowest BCUT2D eigenvalue weighted by atomic mass is 10.0. The van der Waals surface area contributed by atoms with Crippen LogP contribution < -0.4 is 5.32 Å². The number of hydrogen-bond donors (Lipinski definition) is 3. The summed E-state index contributed by atoms with van der Waals surface area (Å²) >= 11 is 0. The van der Waals surface area contributed by atoms with Gasteiger partial charge in [-0.15, -0.1) is 0 Å². The Balaban J connectivity index is 3.46. The molecule has 400 valence electrons. The van der Waals surface area contributed by atoms with Gasteiger partial charge in [0.1, 0.15) is 0 Å². The van der Waals surface area contributed by atoms with Gasteiger partial charge >= 0.3 is 0 Å². The molecule has 0 aromatic rings. The smallest absolute Gasteiger partial charge is 0.220 e. The van der Waals surface area contributed by atoms with Gasteiger partial charge in [-0.3, -0.25) is 4.79 Å². The lowest BCUT2D eigenvalue weighted by Gasteiger charge is -2.20. The van der Waals surface area contributed by atoms with Crippen LogP contribution in [0.2, 0.25) is 0 Å². The number of allylic oxidation sites excluding steroid dienone is 7. The number of carbonyl (C=O) groups is 1. The molecular formula is C64H121NO3. The van der Waals surface area contributed by atoms with Crippen LogP contribution in [-0.4, -0.2) is 34.9 Å². The van der Waals surface area contributed by atoms with Crippen molar-refractivity contribution in [3.63, 3.8) is 0 Å². The fourth-order valence-electron chi connectivity index (χ4n) is 9.60. The number of carbonyl (C=O) groups excluding carboxylic acids is 1. The summed E-state index contributed by atoms with van der Waals surface area (Å²) in [7, 11) is 0. The maximum Gasteiger partial charge on any atom is 0.220 e. The molecule has 0 aromatic carbocycles. The first-order valence-corrected chi connectivity index (χ1v) is 30.9. The Bertz CT molecular complexity index is 1080. The van der Waals surface area contributed by atoms with E-state index < -0.39 is 12.1 Å². The fourth-order valence-corrected chi connectivity index (χ4v) is 9.60. The Morgan fingerprint density at radius 1 is 0.353 bits per heavy atom. The number of amides is 1. The van der Waals surface area contributed by atoms with Gasteiger partial charge in [0.05, 0.1) is 18.8 Å². The van der Waals surface area contributed by atoms with Crippen LogP contribution >= 0.6 is 0 Å². The summed E-state index contributed by atoms with van der Waals surface area (Å²) in [5, 5.41) is 23.2. The standard InChI is InChI=1S/C64H121NO3/c1-3-5-7-9-11-13-15-17-19-21-23-25-27-28-29-30-31-32-33-34-35-36-38-40-42-44-46-48-50-52-54-56-58-60-64(68)65-62(61-66)63(67)59-57-55-53-51-49-47-45-43-41-39-37-26-24-22-20-18-16-14-12-10-8-6-4-2/h15,17,21,23,27-28,57,59,62-63,66-67H,3-14,16,18-20,22,24-26,29-56,58,60-61H2,1-2H3,(H,65,68)/b17-15-,23-21-,28-27-,59-57+. The number of hydrogen-bond acceptors (Lipinski definition) is 3. The molecule has 0 saturated heterocycles. The summed E-state index contributed by atoms with van der Waals surface area (Å²) in [5.74, 6) is -0.0588. The van der Waals surface area contributed by atoms with Gasteiger partial charge in [0.25, 0.3) is 0 Å². The summed E-state index contributed by atoms with van der Waals surface area (Å²) in [5.41, 5.74) is 0. The van der Waals surface area contributed by atoms with E-state index in [1.807, 2.05) is 6.08 Å². The van der Waals surface area contributed by atoms with Crippen LogP contribution in [0.4, 0.5) is 0 Å². The van der Waals surface area contributed by atoms with Crippen LogP contribution in [0.5, 0.6) is 0 Å². The van der Waals surface area contributed by atoms with E-state index in [0.29, 0.717) is 6.42 Å². The molecule has 0 bridgehead atoms. The third-order valence-corrected chi connectivity index (χ3v) is 14.3. The van der Waals surface area contributed by atoms with E-state index in [9.17, 15) is 15.0 Å². The largest absolute Gasteiger partial charge is 0.394 e. The number of aliphatic hydroxyl groups excluding tert-OH is 2. The monoisotopic (exact) mass is 952 g/mol. The molecule has 4 nitrogen and oxygen atoms in total. The highest BCUT2D eigenvalue weighted by atomic mass is 16.3. The van der Waals surface area contributed by atoms with E-state index in [-0.39, 0.29) is 12.5 Å². The minimum atomic E-state index is -0.840. The molecule has 0 fully saturated rings. The molecule has 0 saturated carbocycles. The molecule has 0 spiro atoms. The van der Waals surface area contributed by atoms with Crippen LogP contribution in [0.3, 0.4) is 0 Å². The quantitative estimate of drug-likeness (QED) is 0.0420. The van der Waals surface area contributed by atoms with Crippen molar-refractivity contribution in [2.45, 2.75) is 347 Å². The molecule has 1 amide bonds. The molecule has 68 heavy (non-hydrogen) atoms. The first-order chi connectivity index (χ1) is 33.7. The summed E-state index contributed by atoms with van der Waals surface area (Å²) in [6, 6.07) is -0.623. The SMILES string of the molecule is CCCCCCC/C=C\C/C=C\C/C=C\CCCCCCCCCCCCCCCCCCCCC(=O)NC(CO)C(O)/C=C/CCCCCCCCCCCCCCCCCCCCCCC. The van der Waals surface area contributed by atoms with Gasteiger partial charge in [-0.25, -0.2) is 0 Å². The zero-order chi connectivity index (χ0) is 49.2. The zero-order valence-corrected chi connectivity index (χ0v) is 46.1. The molecule has 0 rings (SSSR count). The Kier molecular flexibility index (Phi) is 58.2. The van der Waals surface area contributed by atoms with E-state index in [4.69, 9.17) is 0 Å². The van der Waals surface area contributed by atoms with Crippen LogP contribution in [-0.2, 0) is 4.79 Å². The van der Waals surface area contributed by atoms with Crippen molar-refractivity contribution < 1.29 is 15.0 Å². The van der Waals surface area contributed by atoms with Gasteiger partial charge in [-0.2, -0.15) is 0 Å². The van der Waals surface area contributed by atoms with Crippen molar-refractivity contribution in [2.24, 2.45) is 0 Å². The fraction of sp³-hybridized carbons (Fsp3) is 0.859. The van der Waals surface area contributed by atoms with Gasteiger partial charge in [0, 0.05) is 6.42 Å². The maximum absolute atomic E-state index is 12.5. The Labute approximate surface area is 426 Å². The predicted octanol–water partition coefficient (Wildman–Crippen LogP) is 20.6. The highest BCUT2D eigenvalue weighted by Crippen LogP contribution is 2.18. The first kappa shape index (κ1) is 66.3. The third-order valence-electron chi connectivity index (χ3n) is 14.3. The second-order valence-electron chi connectivity index (χ2n) is 21.1. The third kappa shape index (κ3) is 55.3. The normalized spacial score (nSPS) is 13.1. The van der Waals surface area contributed by atoms with Crippen LogP contribution in [0.25, 0.3) is 0 Å². The molecule has 0 heterocycles. The van der Waals surface area contributed by atoms with E-state index in [2.05, 4.69) is 55.6 Å². The highest BCUT2D eigenvalue weighted by molar-refractivity contribution is 5.76. The minimum Gasteiger partial charge on any atom is -0.394 e. The van der Waals surface area contributed by atoms with Gasteiger partial charge in [0.2, 0.25) is 5.91 Å². The average molecular weight is 953 g/mol. The summed E-state index contributed by atoms with van der Waals surface area (Å²) in [4.78, 5) is 12.5. The van der Waals surface area contributed by atoms with Gasteiger partial charge in [0.15, 0.2) is 0 Å². The lowest BCUT2D eigenvalue weighted by molar-refractivity contribution is -0.123. The first-order valence-electron chi connectivity index (χ1n) is 30.9. The van der Waals surface area contributed by atoms with E-state index in [0.717, 1.165) is 38.5 Å². The Morgan fingerprint density at radius 2 is 0.603 bits per heavy atom. The summed E-state index contributed by atoms with van der Waals surface area (Å²) < 4.78 is 0. The Hall–Kier alpha value is -1.65. The van der Waals surface area contributed by atoms with Crippen LogP contribution in [0.1, 0.15) is 335 Å². The molecular weight excluding hydrogens is 831 g/mol. The summed E-state index contributed by atoms with van der Waals surface area (Å²) in [6.07, 6.45) is 83.0. The topological polar surface area (TPSA) is 69.6 Å². The summed E-state index contributed by atoms with van der Waals surface area (Å²) in [6.45, 7) is 4.33. The highest BCUT2D eigenvalue weighted by Gasteiger charge is 2.18. The molecule has 0 radical (unpaired) electrons. The van der Waals surface area contributed by atoms with Crippen molar-refractivity contribution in [1.29, 1.82) is 0 Å². The van der Waals surface area contributed by atoms with Crippen molar-refractivity contribution in [3.05, 3.63) is 48.6 Å². The van der Waals surface area contributed by atoms with E-state index in [1.54, 1.807) is 6.08 Å². The van der Waals surface area contributed by atoms with Crippen molar-refractivity contribution >= 4 is 5.91 Å². The zero-order valence-electron chi connectivity index (χ0n) is 46.1. The van der Waals surface area contributed by atoms with E-state index >= 15 is 0 Å². The average Bonchev–Trinajstić information content (AvgIpc) is 3.34. The second kappa shape index (κ2) is 59.7. The number of rotatable bonds is 57. The lowest BCUT2D eigenvalue weighted by Crippen LogP contribution is -2.45. The van der Waals surface area contributed by atoms with Gasteiger partial charge in [-0.1, -0.05) is 319 Å². The molecule has 3 N–H and O–H groups in total. The van der Waals surface area contributed by atoms with Crippen molar-refractivity contribution in [3.8, 4) is 0 Å². The number of aliphatic hydroxyl groups is 2. The predicted molar refractivity (Wildman–Crippen MR) is 304 cm³/mol. The number of unbranched alkanes of at least 4 members (excludes halogenated alkanes) is 44. The molecule has 4 heteroatoms. The van der Waals surface area contributed by atoms with Crippen molar-refractivity contribution in [1.82, 2.24) is 5.32 Å². The molecule has 2 atom stereocenters. The molecule has 0 aliphatic heterocycles. The molecule has 0 aliphatic rings. The van der Waals surface area contributed by atoms with Crippen molar-refractivity contribution in [2.75, 3.05) is 6.61 Å². The van der Waals surface area contributed by atoms with E-state index in [1.165, 1.54) is 276 Å². The van der Waals surface area contributed by atoms with Gasteiger partial charge in [-0.05, 0) is 57.8 Å². The second-order valence-corrected chi connectivity index (χ2v) is 21.1. The van der Waals surface area contributed by atoms with Gasteiger partial charge < -0.3 is 15.5 Å². The van der Waals surface area contributed by atoms with Crippen LogP contribution in [0.15, 0.2) is 48.6 Å². The molecule has 0 aromatic heterocycles. The molecule has 0 aliphatic carbocycles. The molecule has 2 unspecified atom stereocenters. The Morgan fingerprint density at radius 3 is 0.897 bits per heavy atom. The maximum atomic E-state index is 12.5. The minimum absolute atomic E-state index is 0.0588. The number of nitrogens with one attached hydrogen (secondary N) is 1. The van der Waals surface area contributed by atoms with Crippen LogP contribution in [0, 0.1) is 0 Å².